The van der Waals surface area contributed by atoms with E-state index < -0.39 is 17.5 Å². The van der Waals surface area contributed by atoms with Gasteiger partial charge in [-0.1, -0.05) is 23.5 Å². The number of nitrogens with two attached hydrogens (primary N) is 1. The first-order valence-corrected chi connectivity index (χ1v) is 10.9. The minimum Gasteiger partial charge on any atom is -0.497 e. The van der Waals surface area contributed by atoms with Crippen molar-refractivity contribution in [1.29, 1.82) is 5.26 Å². The number of methoxy groups -OCH3 is 1. The van der Waals surface area contributed by atoms with Crippen LogP contribution in [0.25, 0.3) is 5.69 Å². The fourth-order valence-corrected chi connectivity index (χ4v) is 6.27. The standard InChI is InChI=1S/C22H15N3O5S2/c1-9-14(10(2)26)15-16(25(9)11-4-6-12(30-3)7-5-11)18(28)20-19(17(15)27)31-22(32-20)13(8-23)21(24)29/h4-7H,1-3H3,(H2,24,29)/b22-13+. The Kier molecular flexibility index (Phi) is 5.32. The molecule has 0 radical (unpaired) electrons. The summed E-state index contributed by atoms with van der Waals surface area (Å²) >= 11 is 1.73. The number of fused-ring (bicyclic) bond motifs is 1. The number of carbonyl (C=O) groups is 4. The van der Waals surface area contributed by atoms with Crippen LogP contribution in [0.1, 0.15) is 43.8 Å². The van der Waals surface area contributed by atoms with Crippen molar-refractivity contribution < 1.29 is 23.9 Å². The quantitative estimate of drug-likeness (QED) is 0.413. The molecule has 0 unspecified atom stereocenters. The Labute approximate surface area is 191 Å². The van der Waals surface area contributed by atoms with Crippen LogP contribution in [0.4, 0.5) is 0 Å². The van der Waals surface area contributed by atoms with Crippen molar-refractivity contribution in [3.63, 3.8) is 0 Å². The van der Waals surface area contributed by atoms with Gasteiger partial charge in [0.1, 0.15) is 23.1 Å². The summed E-state index contributed by atoms with van der Waals surface area (Å²) in [5.74, 6) is -1.64. The zero-order chi connectivity index (χ0) is 23.3. The molecule has 1 amide bonds. The number of aromatic nitrogens is 1. The summed E-state index contributed by atoms with van der Waals surface area (Å²) in [6, 6.07) is 8.59. The molecule has 2 aliphatic rings. The van der Waals surface area contributed by atoms with Crippen molar-refractivity contribution in [1.82, 2.24) is 4.57 Å². The van der Waals surface area contributed by atoms with Crippen molar-refractivity contribution in [2.45, 2.75) is 13.8 Å². The van der Waals surface area contributed by atoms with Crippen LogP contribution in [0.5, 0.6) is 5.75 Å². The fourth-order valence-electron chi connectivity index (χ4n) is 3.73. The van der Waals surface area contributed by atoms with E-state index in [1.165, 1.54) is 14.0 Å². The van der Waals surface area contributed by atoms with Gasteiger partial charge in [-0.2, -0.15) is 5.26 Å². The smallest absolute Gasteiger partial charge is 0.261 e. The molecule has 8 nitrogen and oxygen atoms in total. The predicted molar refractivity (Wildman–Crippen MR) is 120 cm³/mol. The molecule has 0 saturated heterocycles. The van der Waals surface area contributed by atoms with E-state index in [4.69, 9.17) is 10.5 Å². The number of allylic oxidation sites excluding steroid dienone is 2. The summed E-state index contributed by atoms with van der Waals surface area (Å²) in [5, 5.41) is 9.26. The molecular weight excluding hydrogens is 450 g/mol. The van der Waals surface area contributed by atoms with Crippen LogP contribution in [-0.4, -0.2) is 34.9 Å². The Balaban J connectivity index is 1.95. The highest BCUT2D eigenvalue weighted by Gasteiger charge is 2.44. The number of thioether (sulfide) groups is 2. The monoisotopic (exact) mass is 465 g/mol. The molecule has 1 aliphatic heterocycles. The maximum atomic E-state index is 13.6. The number of ketones is 3. The average molecular weight is 466 g/mol. The van der Waals surface area contributed by atoms with Crippen LogP contribution in [0.15, 0.2) is 43.9 Å². The van der Waals surface area contributed by atoms with Gasteiger partial charge in [-0.25, -0.2) is 0 Å². The summed E-state index contributed by atoms with van der Waals surface area (Å²) in [7, 11) is 1.53. The minimum atomic E-state index is -0.942. The second-order valence-corrected chi connectivity index (χ2v) is 9.23. The predicted octanol–water partition coefficient (Wildman–Crippen LogP) is 3.29. The van der Waals surface area contributed by atoms with E-state index in [1.54, 1.807) is 41.8 Å². The molecule has 160 valence electrons. The third kappa shape index (κ3) is 3.09. The highest BCUT2D eigenvalue weighted by molar-refractivity contribution is 8.29. The second kappa shape index (κ2) is 7.85. The molecular formula is C22H15N3O5S2. The van der Waals surface area contributed by atoms with Crippen LogP contribution in [0, 0.1) is 18.3 Å². The number of hydrogen-bond acceptors (Lipinski definition) is 8. The Bertz CT molecular complexity index is 1360. The number of hydrogen-bond donors (Lipinski definition) is 1. The third-order valence-electron chi connectivity index (χ3n) is 5.10. The molecule has 1 aromatic heterocycles. The number of nitrogens with zero attached hydrogens (tertiary/aromatic N) is 2. The first-order valence-electron chi connectivity index (χ1n) is 9.25. The van der Waals surface area contributed by atoms with Crippen LogP contribution in [-0.2, 0) is 4.79 Å². The molecule has 2 N–H and O–H groups in total. The molecule has 10 heteroatoms. The lowest BCUT2D eigenvalue weighted by atomic mass is 9.95. The molecule has 0 fully saturated rings. The molecule has 2 heterocycles. The van der Waals surface area contributed by atoms with Gasteiger partial charge in [0, 0.05) is 11.4 Å². The lowest BCUT2D eigenvalue weighted by molar-refractivity contribution is -0.114. The van der Waals surface area contributed by atoms with E-state index in [-0.39, 0.29) is 42.2 Å². The SMILES string of the molecule is COc1ccc(-n2c(C)c(C(C)=O)c3c2C(=O)C2=C(S/C(=C(/C#N)C(N)=O)S2)C3=O)cc1. The van der Waals surface area contributed by atoms with Crippen LogP contribution in [0.3, 0.4) is 0 Å². The van der Waals surface area contributed by atoms with Crippen molar-refractivity contribution >= 4 is 46.8 Å². The number of nitriles is 1. The van der Waals surface area contributed by atoms with Crippen molar-refractivity contribution in [3.8, 4) is 17.5 Å². The van der Waals surface area contributed by atoms with Gasteiger partial charge in [0.2, 0.25) is 11.6 Å². The largest absolute Gasteiger partial charge is 0.497 e. The lowest BCUT2D eigenvalue weighted by Gasteiger charge is -2.16. The summed E-state index contributed by atoms with van der Waals surface area (Å²) < 4.78 is 6.94. The second-order valence-electron chi connectivity index (χ2n) is 6.93. The molecule has 0 bridgehead atoms. The van der Waals surface area contributed by atoms with E-state index in [9.17, 15) is 24.4 Å². The summed E-state index contributed by atoms with van der Waals surface area (Å²) in [5.41, 5.74) is 6.27. The summed E-state index contributed by atoms with van der Waals surface area (Å²) in [6.45, 7) is 3.02. The van der Waals surface area contributed by atoms with Gasteiger partial charge in [0.25, 0.3) is 5.91 Å². The Hall–Kier alpha value is -3.55. The van der Waals surface area contributed by atoms with Gasteiger partial charge in [-0.15, -0.1) is 0 Å². The van der Waals surface area contributed by atoms with Gasteiger partial charge < -0.3 is 15.0 Å². The van der Waals surface area contributed by atoms with Gasteiger partial charge in [0.05, 0.1) is 32.3 Å². The van der Waals surface area contributed by atoms with Crippen LogP contribution in [0.2, 0.25) is 0 Å². The molecule has 0 spiro atoms. The van der Waals surface area contributed by atoms with E-state index in [0.717, 1.165) is 23.5 Å². The molecule has 0 atom stereocenters. The van der Waals surface area contributed by atoms with Gasteiger partial charge >= 0.3 is 0 Å². The topological polar surface area (TPSA) is 132 Å². The van der Waals surface area contributed by atoms with Crippen molar-refractivity contribution in [2.75, 3.05) is 7.11 Å². The Morgan fingerprint density at radius 3 is 2.19 bits per heavy atom. The van der Waals surface area contributed by atoms with Gasteiger partial charge in [-0.05, 0) is 38.1 Å². The number of benzene rings is 1. The first kappa shape index (κ1) is 21.7. The normalized spacial score (nSPS) is 16.4. The number of primary amides is 1. The van der Waals surface area contributed by atoms with E-state index in [2.05, 4.69) is 0 Å². The maximum absolute atomic E-state index is 13.6. The van der Waals surface area contributed by atoms with E-state index in [1.807, 2.05) is 0 Å². The van der Waals surface area contributed by atoms with Gasteiger partial charge in [-0.3, -0.25) is 19.2 Å². The Morgan fingerprint density at radius 2 is 1.69 bits per heavy atom. The molecule has 0 saturated carbocycles. The highest BCUT2D eigenvalue weighted by Crippen LogP contribution is 2.55. The minimum absolute atomic E-state index is 0.0292. The van der Waals surface area contributed by atoms with E-state index in [0.29, 0.717) is 17.1 Å². The lowest BCUT2D eigenvalue weighted by Crippen LogP contribution is -2.21. The third-order valence-corrected chi connectivity index (χ3v) is 7.70. The molecule has 4 rings (SSSR count). The zero-order valence-electron chi connectivity index (χ0n) is 17.1. The molecule has 32 heavy (non-hydrogen) atoms. The Morgan fingerprint density at radius 1 is 1.09 bits per heavy atom. The number of ether oxygens (including phenoxy) is 1. The molecule has 1 aliphatic carbocycles. The number of rotatable bonds is 4. The summed E-state index contributed by atoms with van der Waals surface area (Å²) in [4.78, 5) is 51.3. The van der Waals surface area contributed by atoms with E-state index >= 15 is 0 Å². The fraction of sp³-hybridized carbons (Fsp3) is 0.136. The number of Topliss-reactive ketones (excluding diaryl/α,β-unsaturated/α-hetero) is 3. The first-order chi connectivity index (χ1) is 15.2. The molecule has 1 aromatic carbocycles. The maximum Gasteiger partial charge on any atom is 0.261 e. The zero-order valence-corrected chi connectivity index (χ0v) is 18.8. The number of amides is 1. The van der Waals surface area contributed by atoms with Gasteiger partial charge in [0.15, 0.2) is 5.78 Å². The highest BCUT2D eigenvalue weighted by atomic mass is 32.2. The molecule has 2 aromatic rings. The summed E-state index contributed by atoms with van der Waals surface area (Å²) in [6.07, 6.45) is 0. The van der Waals surface area contributed by atoms with Crippen molar-refractivity contribution in [2.24, 2.45) is 5.73 Å². The average Bonchev–Trinajstić information content (AvgIpc) is 3.32. The van der Waals surface area contributed by atoms with Crippen LogP contribution >= 0.6 is 23.5 Å². The van der Waals surface area contributed by atoms with Crippen LogP contribution < -0.4 is 10.5 Å². The number of carbonyl (C=O) groups excluding carboxylic acids is 4. The van der Waals surface area contributed by atoms with Crippen molar-refractivity contribution in [3.05, 3.63) is 66.4 Å².